The van der Waals surface area contributed by atoms with E-state index in [1.165, 1.54) is 0 Å². The summed E-state index contributed by atoms with van der Waals surface area (Å²) in [6.45, 7) is 10.9. The first kappa shape index (κ1) is 39.6. The minimum atomic E-state index is -0.603. The quantitative estimate of drug-likeness (QED) is 0.0841. The standard InChI is InChI=1S/C21H37N3O6.C6H10NO.W/c1-17(2)23-7-8-24-21(26)18-5-3-6-19(15-18)30-16-20(22)29-14-13-28-12-11-27-10-4-9-25;1-2-3-5-8-6-4-7;/h3,5-6,15,17,20,23,25H,4,7-14,16,22H2,1-2H3,(H,24,26);7H,4-6H2,1H3;/q;-1;. The van der Waals surface area contributed by atoms with Gasteiger partial charge in [-0.1, -0.05) is 25.8 Å². The number of carbonyl (C=O) groups excluding carboxylic acids is 1. The van der Waals surface area contributed by atoms with Crippen molar-refractivity contribution < 1.29 is 54.7 Å². The number of aliphatic hydroxyl groups is 1. The van der Waals surface area contributed by atoms with Gasteiger partial charge in [-0.15, -0.1) is 12.5 Å². The molecule has 0 radical (unpaired) electrons. The van der Waals surface area contributed by atoms with E-state index in [4.69, 9.17) is 40.3 Å². The molecule has 0 saturated heterocycles. The summed E-state index contributed by atoms with van der Waals surface area (Å²) in [6.07, 6.45) is 0.0235. The molecular weight excluding hydrogens is 676 g/mol. The van der Waals surface area contributed by atoms with E-state index in [2.05, 4.69) is 36.3 Å². The van der Waals surface area contributed by atoms with Gasteiger partial charge in [0.05, 0.1) is 26.4 Å². The van der Waals surface area contributed by atoms with Gasteiger partial charge in [0.15, 0.2) is 0 Å². The Kier molecular flexibility index (Phi) is 29.8. The average Bonchev–Trinajstić information content (AvgIpc) is 2.92. The third kappa shape index (κ3) is 26.4. The molecule has 0 fully saturated rings. The molecule has 0 aliphatic heterocycles. The number of aliphatic hydroxyl groups excluding tert-OH is 1. The van der Waals surface area contributed by atoms with Crippen LogP contribution in [-0.2, 0) is 40.0 Å². The topological polar surface area (TPSA) is 157 Å². The molecule has 0 aromatic heterocycles. The smallest absolute Gasteiger partial charge is 0.251 e. The minimum Gasteiger partial charge on any atom is -0.676 e. The van der Waals surface area contributed by atoms with E-state index in [0.29, 0.717) is 89.7 Å². The zero-order valence-corrected chi connectivity index (χ0v) is 26.5. The van der Waals surface area contributed by atoms with Crippen molar-refractivity contribution in [2.75, 3.05) is 79.1 Å². The minimum absolute atomic E-state index is 0. The molecule has 1 aromatic rings. The number of nitrogens with two attached hydrogens (primary N) is 1. The van der Waals surface area contributed by atoms with Crippen LogP contribution in [0.3, 0.4) is 0 Å². The maximum absolute atomic E-state index is 12.2. The summed E-state index contributed by atoms with van der Waals surface area (Å²) in [4.78, 5) is 12.2. The summed E-state index contributed by atoms with van der Waals surface area (Å²) in [5, 5.41) is 14.7. The molecule has 1 rings (SSSR count). The van der Waals surface area contributed by atoms with Gasteiger partial charge in [-0.2, -0.15) is 0 Å². The van der Waals surface area contributed by atoms with E-state index in [-0.39, 0.29) is 40.2 Å². The molecular formula is C27H47N4O7W-. The first-order valence-electron chi connectivity index (χ1n) is 12.9. The first-order valence-corrected chi connectivity index (χ1v) is 12.9. The molecule has 12 heteroatoms. The number of carbonyl (C=O) groups is 1. The van der Waals surface area contributed by atoms with Crippen molar-refractivity contribution in [2.24, 2.45) is 5.73 Å². The summed E-state index contributed by atoms with van der Waals surface area (Å²) < 4.78 is 26.5. The second kappa shape index (κ2) is 29.4. The Hall–Kier alpha value is -1.58. The average molecular weight is 724 g/mol. The van der Waals surface area contributed by atoms with E-state index in [1.807, 2.05) is 0 Å². The summed E-state index contributed by atoms with van der Waals surface area (Å²) in [6, 6.07) is 7.33. The Balaban J connectivity index is 0. The summed E-state index contributed by atoms with van der Waals surface area (Å²) in [5.74, 6) is 5.82. The number of ether oxygens (including phenoxy) is 5. The third-order valence-electron chi connectivity index (χ3n) is 4.45. The Morgan fingerprint density at radius 1 is 1.08 bits per heavy atom. The zero-order valence-electron chi connectivity index (χ0n) is 23.5. The van der Waals surface area contributed by atoms with Gasteiger partial charge >= 0.3 is 0 Å². The van der Waals surface area contributed by atoms with Gasteiger partial charge in [-0.05, 0) is 31.5 Å². The van der Waals surface area contributed by atoms with Crippen LogP contribution in [0.1, 0.15) is 37.6 Å². The van der Waals surface area contributed by atoms with Crippen LogP contribution in [0.5, 0.6) is 5.75 Å². The normalized spacial score (nSPS) is 10.9. The SMILES string of the molecule is CC#CCOCC[NH-].CC(C)NCCNC(=O)c1cccc(OCC(N)OCCOCCOCCCO)c1.[W]. The van der Waals surface area contributed by atoms with Crippen molar-refractivity contribution in [1.29, 1.82) is 0 Å². The van der Waals surface area contributed by atoms with Gasteiger partial charge < -0.3 is 50.9 Å². The fourth-order valence-electron chi connectivity index (χ4n) is 2.61. The maximum atomic E-state index is 12.2. The van der Waals surface area contributed by atoms with Crippen LogP contribution in [0, 0.1) is 11.8 Å². The Bertz CT molecular complexity index is 763. The molecule has 224 valence electrons. The van der Waals surface area contributed by atoms with Crippen LogP contribution in [0.15, 0.2) is 24.3 Å². The molecule has 39 heavy (non-hydrogen) atoms. The fraction of sp³-hybridized carbons (Fsp3) is 0.667. The molecule has 0 saturated carbocycles. The van der Waals surface area contributed by atoms with Crippen molar-refractivity contribution in [3.63, 3.8) is 0 Å². The Labute approximate surface area is 248 Å². The van der Waals surface area contributed by atoms with Gasteiger partial charge in [0.1, 0.15) is 25.2 Å². The number of rotatable bonds is 21. The molecule has 1 atom stereocenters. The molecule has 0 spiro atoms. The van der Waals surface area contributed by atoms with Gasteiger partial charge in [-0.3, -0.25) is 4.79 Å². The molecule has 0 aliphatic carbocycles. The van der Waals surface area contributed by atoms with Crippen LogP contribution < -0.4 is 21.1 Å². The molecule has 11 nitrogen and oxygen atoms in total. The van der Waals surface area contributed by atoms with E-state index >= 15 is 0 Å². The van der Waals surface area contributed by atoms with Crippen LogP contribution in [0.25, 0.3) is 5.73 Å². The Morgan fingerprint density at radius 2 is 1.79 bits per heavy atom. The summed E-state index contributed by atoms with van der Waals surface area (Å²) in [5.41, 5.74) is 13.1. The monoisotopic (exact) mass is 723 g/mol. The number of hydrogen-bond donors (Lipinski definition) is 4. The maximum Gasteiger partial charge on any atom is 0.251 e. The van der Waals surface area contributed by atoms with Crippen molar-refractivity contribution >= 4 is 5.91 Å². The number of benzene rings is 1. The molecule has 6 N–H and O–H groups in total. The third-order valence-corrected chi connectivity index (χ3v) is 4.45. The van der Waals surface area contributed by atoms with Gasteiger partial charge in [0.25, 0.3) is 5.91 Å². The second-order valence-electron chi connectivity index (χ2n) is 8.14. The number of amides is 1. The van der Waals surface area contributed by atoms with E-state index < -0.39 is 6.23 Å². The van der Waals surface area contributed by atoms with Crippen molar-refractivity contribution in [1.82, 2.24) is 10.6 Å². The van der Waals surface area contributed by atoms with Crippen LogP contribution in [-0.4, -0.2) is 102 Å². The molecule has 0 aliphatic rings. The van der Waals surface area contributed by atoms with E-state index in [1.54, 1.807) is 31.2 Å². The van der Waals surface area contributed by atoms with Crippen molar-refractivity contribution in [3.05, 3.63) is 35.6 Å². The number of hydrogen-bond acceptors (Lipinski definition) is 9. The van der Waals surface area contributed by atoms with E-state index in [9.17, 15) is 4.79 Å². The number of nitrogens with one attached hydrogen (secondary N) is 3. The zero-order chi connectivity index (χ0) is 28.3. The second-order valence-corrected chi connectivity index (χ2v) is 8.14. The molecule has 1 amide bonds. The van der Waals surface area contributed by atoms with Crippen molar-refractivity contribution in [2.45, 2.75) is 39.5 Å². The molecule has 0 heterocycles. The molecule has 1 unspecified atom stereocenters. The molecule has 0 bridgehead atoms. The predicted octanol–water partition coefficient (Wildman–Crippen LogP) is 1.59. The summed E-state index contributed by atoms with van der Waals surface area (Å²) >= 11 is 0. The molecule has 1 aromatic carbocycles. The van der Waals surface area contributed by atoms with Gasteiger partial charge in [0.2, 0.25) is 0 Å². The first-order chi connectivity index (χ1) is 18.4. The van der Waals surface area contributed by atoms with Crippen LogP contribution in [0.4, 0.5) is 0 Å². The largest absolute Gasteiger partial charge is 0.676 e. The van der Waals surface area contributed by atoms with E-state index in [0.717, 1.165) is 0 Å². The predicted molar refractivity (Wildman–Crippen MR) is 148 cm³/mol. The Morgan fingerprint density at radius 3 is 2.46 bits per heavy atom. The van der Waals surface area contributed by atoms with Crippen LogP contribution >= 0.6 is 0 Å². The summed E-state index contributed by atoms with van der Waals surface area (Å²) in [7, 11) is 0. The van der Waals surface area contributed by atoms with Crippen molar-refractivity contribution in [3.8, 4) is 17.6 Å². The van der Waals surface area contributed by atoms with Gasteiger partial charge in [0, 0.05) is 65.6 Å². The van der Waals surface area contributed by atoms with Gasteiger partial charge in [-0.25, -0.2) is 0 Å². The fourth-order valence-corrected chi connectivity index (χ4v) is 2.61. The van der Waals surface area contributed by atoms with Crippen LogP contribution in [0.2, 0.25) is 0 Å².